The second-order valence-corrected chi connectivity index (χ2v) is 18.2. The molecule has 48 heavy (non-hydrogen) atoms. The van der Waals surface area contributed by atoms with Gasteiger partial charge in [0.15, 0.2) is 20.5 Å². The van der Waals surface area contributed by atoms with Crippen molar-refractivity contribution in [1.82, 2.24) is 15.0 Å². The fourth-order valence-electron chi connectivity index (χ4n) is 7.73. The standard InChI is InChI=1S/C35H38BrN5O6Si/c1-22-33(48(2,3)45)31(14-16-39-20-25(15-17-42)37-38-39)47-35(22)27-18-24(36)10-13-28(27)40(34(35)44)19-23-8-11-26(12-9-23)41-29-6-4-5-7-30(29)46-21-32(41)43/h4-13,18,20,22,31,33,42,45H,14-17,19,21H2,1-3H3/t22-,31+,33-,35+/m1/s1. The normalized spacial score (nSPS) is 23.5. The van der Waals surface area contributed by atoms with E-state index in [1.807, 2.05) is 92.9 Å². The molecule has 0 radical (unpaired) electrons. The zero-order valence-electron chi connectivity index (χ0n) is 27.0. The Labute approximate surface area is 288 Å². The van der Waals surface area contributed by atoms with Crippen molar-refractivity contribution in [3.05, 3.63) is 94.2 Å². The molecule has 11 nitrogen and oxygen atoms in total. The summed E-state index contributed by atoms with van der Waals surface area (Å²) in [6, 6.07) is 21.0. The quantitative estimate of drug-likeness (QED) is 0.229. The molecule has 0 saturated carbocycles. The highest BCUT2D eigenvalue weighted by Crippen LogP contribution is 2.60. The van der Waals surface area contributed by atoms with Crippen LogP contribution in [0, 0.1) is 5.92 Å². The highest BCUT2D eigenvalue weighted by molar-refractivity contribution is 9.10. The molecule has 0 aliphatic carbocycles. The van der Waals surface area contributed by atoms with E-state index in [9.17, 15) is 19.5 Å². The first-order valence-corrected chi connectivity index (χ1v) is 20.0. The van der Waals surface area contributed by atoms with E-state index < -0.39 is 13.9 Å². The summed E-state index contributed by atoms with van der Waals surface area (Å²) in [4.78, 5) is 42.7. The van der Waals surface area contributed by atoms with Gasteiger partial charge in [0.25, 0.3) is 11.8 Å². The van der Waals surface area contributed by atoms with Gasteiger partial charge in [-0.2, -0.15) is 0 Å². The third-order valence-electron chi connectivity index (χ3n) is 9.78. The highest BCUT2D eigenvalue weighted by atomic mass is 79.9. The second kappa shape index (κ2) is 12.5. The van der Waals surface area contributed by atoms with Crippen LogP contribution in [0.4, 0.5) is 17.1 Å². The number of aliphatic hydroxyl groups is 1. The van der Waals surface area contributed by atoms with Gasteiger partial charge in [-0.3, -0.25) is 19.2 Å². The summed E-state index contributed by atoms with van der Waals surface area (Å²) < 4.78 is 15.1. The monoisotopic (exact) mass is 731 g/mol. The molecule has 2 amide bonds. The number of aryl methyl sites for hydroxylation is 1. The largest absolute Gasteiger partial charge is 0.482 e. The Kier molecular flexibility index (Phi) is 8.53. The van der Waals surface area contributed by atoms with Gasteiger partial charge in [-0.1, -0.05) is 52.3 Å². The van der Waals surface area contributed by atoms with Gasteiger partial charge in [0, 0.05) is 53.0 Å². The number of nitrogens with zero attached hydrogens (tertiary/aromatic N) is 5. The molecule has 1 fully saturated rings. The van der Waals surface area contributed by atoms with Crippen molar-refractivity contribution in [2.75, 3.05) is 23.0 Å². The molecule has 7 rings (SSSR count). The number of hydrogen-bond acceptors (Lipinski definition) is 8. The van der Waals surface area contributed by atoms with E-state index >= 15 is 0 Å². The Bertz CT molecular complexity index is 1860. The lowest BCUT2D eigenvalue weighted by Crippen LogP contribution is -2.46. The molecule has 0 unspecified atom stereocenters. The maximum Gasteiger partial charge on any atom is 0.269 e. The Morgan fingerprint density at radius 2 is 1.83 bits per heavy atom. The van der Waals surface area contributed by atoms with Crippen molar-refractivity contribution in [1.29, 1.82) is 0 Å². The summed E-state index contributed by atoms with van der Waals surface area (Å²) in [5, 5.41) is 17.6. The van der Waals surface area contributed by atoms with Crippen LogP contribution in [0.1, 0.15) is 30.2 Å². The summed E-state index contributed by atoms with van der Waals surface area (Å²) in [5.41, 5.74) is 3.09. The average Bonchev–Trinajstić information content (AvgIpc) is 3.70. The lowest BCUT2D eigenvalue weighted by molar-refractivity contribution is -0.146. The first-order chi connectivity index (χ1) is 23.0. The summed E-state index contributed by atoms with van der Waals surface area (Å²) in [6.07, 6.45) is 2.39. The summed E-state index contributed by atoms with van der Waals surface area (Å²) in [7, 11) is -2.83. The minimum Gasteiger partial charge on any atom is -0.482 e. The maximum absolute atomic E-state index is 14.8. The van der Waals surface area contributed by atoms with Crippen LogP contribution in [-0.4, -0.2) is 64.3 Å². The summed E-state index contributed by atoms with van der Waals surface area (Å²) in [5.74, 6) is 0.0521. The van der Waals surface area contributed by atoms with Crippen LogP contribution < -0.4 is 14.5 Å². The molecular formula is C35H38BrN5O6Si. The zero-order valence-corrected chi connectivity index (χ0v) is 29.6. The van der Waals surface area contributed by atoms with Crippen molar-refractivity contribution in [3.63, 3.8) is 0 Å². The summed E-state index contributed by atoms with van der Waals surface area (Å²) >= 11 is 3.63. The number of anilines is 3. The molecule has 3 aromatic carbocycles. The van der Waals surface area contributed by atoms with Gasteiger partial charge in [-0.15, -0.1) is 5.10 Å². The van der Waals surface area contributed by atoms with Gasteiger partial charge >= 0.3 is 0 Å². The van der Waals surface area contributed by atoms with Crippen LogP contribution >= 0.6 is 15.9 Å². The van der Waals surface area contributed by atoms with Crippen molar-refractivity contribution in [2.45, 2.75) is 63.2 Å². The topological polar surface area (TPSA) is 130 Å². The number of benzene rings is 3. The number of aliphatic hydroxyl groups excluding tert-OH is 1. The minimum absolute atomic E-state index is 0.00333. The Balaban J connectivity index is 1.18. The molecule has 1 aromatic heterocycles. The molecule has 4 aromatic rings. The molecule has 3 aliphatic heterocycles. The number of carbonyl (C=O) groups is 2. The fraction of sp³-hybridized carbons (Fsp3) is 0.371. The van der Waals surface area contributed by atoms with Gasteiger partial charge in [0.05, 0.1) is 29.7 Å². The third kappa shape index (κ3) is 5.56. The van der Waals surface area contributed by atoms with Gasteiger partial charge in [-0.05, 0) is 67.5 Å². The first-order valence-electron chi connectivity index (χ1n) is 16.2. The number of hydrogen-bond donors (Lipinski definition) is 2. The number of amides is 2. The zero-order chi connectivity index (χ0) is 33.8. The lowest BCUT2D eigenvalue weighted by atomic mass is 9.82. The predicted molar refractivity (Wildman–Crippen MR) is 185 cm³/mol. The number of aromatic nitrogens is 3. The van der Waals surface area contributed by atoms with Crippen molar-refractivity contribution in [2.24, 2.45) is 5.92 Å². The Morgan fingerprint density at radius 3 is 2.58 bits per heavy atom. The molecule has 1 spiro atoms. The van der Waals surface area contributed by atoms with Crippen LogP contribution in [-0.2, 0) is 39.4 Å². The number of para-hydroxylation sites is 2. The molecular weight excluding hydrogens is 694 g/mol. The minimum atomic E-state index is -2.83. The number of fused-ring (bicyclic) bond motifs is 3. The predicted octanol–water partition coefficient (Wildman–Crippen LogP) is 5.07. The molecule has 0 bridgehead atoms. The number of ether oxygens (including phenoxy) is 2. The van der Waals surface area contributed by atoms with Gasteiger partial charge in [0.2, 0.25) is 0 Å². The van der Waals surface area contributed by atoms with Crippen molar-refractivity contribution < 1.29 is 29.0 Å². The van der Waals surface area contributed by atoms with E-state index in [1.165, 1.54) is 0 Å². The van der Waals surface area contributed by atoms with Gasteiger partial charge in [-0.25, -0.2) is 0 Å². The molecule has 13 heteroatoms. The smallest absolute Gasteiger partial charge is 0.269 e. The van der Waals surface area contributed by atoms with Crippen LogP contribution in [0.15, 0.2) is 77.4 Å². The first kappa shape index (κ1) is 32.7. The van der Waals surface area contributed by atoms with Crippen LogP contribution in [0.5, 0.6) is 5.75 Å². The second-order valence-electron chi connectivity index (χ2n) is 13.3. The van der Waals surface area contributed by atoms with E-state index in [2.05, 4.69) is 26.2 Å². The van der Waals surface area contributed by atoms with E-state index in [4.69, 9.17) is 9.47 Å². The number of rotatable bonds is 9. The Morgan fingerprint density at radius 1 is 1.06 bits per heavy atom. The third-order valence-corrected chi connectivity index (χ3v) is 12.8. The molecule has 3 aliphatic rings. The molecule has 4 atom stereocenters. The highest BCUT2D eigenvalue weighted by Gasteiger charge is 2.66. The van der Waals surface area contributed by atoms with Crippen molar-refractivity contribution in [3.8, 4) is 5.75 Å². The molecule has 2 N–H and O–H groups in total. The molecule has 4 heterocycles. The maximum atomic E-state index is 14.8. The van der Waals surface area contributed by atoms with E-state index in [0.29, 0.717) is 43.1 Å². The number of carbonyl (C=O) groups excluding carboxylic acids is 2. The van der Waals surface area contributed by atoms with E-state index in [0.717, 1.165) is 27.0 Å². The lowest BCUT2D eigenvalue weighted by Gasteiger charge is -2.32. The fourth-order valence-corrected chi connectivity index (χ4v) is 10.7. The van der Waals surface area contributed by atoms with Crippen LogP contribution in [0.2, 0.25) is 18.6 Å². The van der Waals surface area contributed by atoms with E-state index in [1.54, 1.807) is 14.5 Å². The van der Waals surface area contributed by atoms with Gasteiger partial charge < -0.3 is 24.3 Å². The van der Waals surface area contributed by atoms with E-state index in [-0.39, 0.29) is 42.6 Å². The molecule has 250 valence electrons. The summed E-state index contributed by atoms with van der Waals surface area (Å²) in [6.45, 7) is 6.62. The Hall–Kier alpha value is -3.88. The van der Waals surface area contributed by atoms with Gasteiger partial charge in [0.1, 0.15) is 5.75 Å². The molecule has 1 saturated heterocycles. The van der Waals surface area contributed by atoms with Crippen LogP contribution in [0.3, 0.4) is 0 Å². The SMILES string of the molecule is C[C@@H]1[C@@H]([Si](C)(C)O)[C@H](CCn2cc(CCO)nn2)O[C@@]12C(=O)N(Cc1ccc(N3C(=O)COc4ccccc43)cc1)c1ccc(Br)cc12. The van der Waals surface area contributed by atoms with Crippen LogP contribution in [0.25, 0.3) is 0 Å². The number of halogens is 1. The van der Waals surface area contributed by atoms with Crippen molar-refractivity contribution >= 4 is 53.1 Å². The average molecular weight is 733 g/mol.